The Morgan fingerprint density at radius 1 is 1.08 bits per heavy atom. The van der Waals surface area contributed by atoms with E-state index in [2.05, 4.69) is 5.32 Å². The van der Waals surface area contributed by atoms with Crippen molar-refractivity contribution < 1.29 is 19.4 Å². The number of hydrogen-bond donors (Lipinski definition) is 2. The molecule has 1 amide bonds. The van der Waals surface area contributed by atoms with Crippen molar-refractivity contribution >= 4 is 17.4 Å². The smallest absolute Gasteiger partial charge is 0.224 e. The summed E-state index contributed by atoms with van der Waals surface area (Å²) in [4.78, 5) is 24.1. The normalized spacial score (nSPS) is 10.3. The van der Waals surface area contributed by atoms with Crippen molar-refractivity contribution in [2.75, 3.05) is 11.9 Å². The molecule has 5 heteroatoms. The number of ether oxygens (including phenoxy) is 1. The fourth-order valence-corrected chi connectivity index (χ4v) is 2.29. The summed E-state index contributed by atoms with van der Waals surface area (Å²) < 4.78 is 5.47. The standard InChI is InChI=1S/C20H23NO4/c1-3-12-25-16-7-5-15(6-8-16)18(22)10-11-20(24)21-17-9-4-14(2)13-19(17)23/h4-9,13,23H,3,10-12H2,1-2H3,(H,21,24). The highest BCUT2D eigenvalue weighted by atomic mass is 16.5. The monoisotopic (exact) mass is 341 g/mol. The summed E-state index contributed by atoms with van der Waals surface area (Å²) in [6.45, 7) is 4.52. The maximum Gasteiger partial charge on any atom is 0.224 e. The van der Waals surface area contributed by atoms with Crippen LogP contribution in [0.3, 0.4) is 0 Å². The predicted octanol–water partition coefficient (Wildman–Crippen LogP) is 4.09. The second-order valence-electron chi connectivity index (χ2n) is 5.86. The van der Waals surface area contributed by atoms with Gasteiger partial charge >= 0.3 is 0 Å². The number of Topliss-reactive ketones (excluding diaryl/α,β-unsaturated/α-hetero) is 1. The number of nitrogens with one attached hydrogen (secondary N) is 1. The second kappa shape index (κ2) is 8.87. The Labute approximate surface area is 147 Å². The van der Waals surface area contributed by atoms with Gasteiger partial charge in [0.1, 0.15) is 11.5 Å². The zero-order valence-corrected chi connectivity index (χ0v) is 14.5. The quantitative estimate of drug-likeness (QED) is 0.560. The first-order valence-corrected chi connectivity index (χ1v) is 8.35. The average Bonchev–Trinajstić information content (AvgIpc) is 2.60. The number of anilines is 1. The number of aromatic hydroxyl groups is 1. The summed E-state index contributed by atoms with van der Waals surface area (Å²) in [5, 5.41) is 12.4. The maximum atomic E-state index is 12.2. The summed E-state index contributed by atoms with van der Waals surface area (Å²) in [5.74, 6) is 0.328. The van der Waals surface area contributed by atoms with Gasteiger partial charge < -0.3 is 15.2 Å². The first-order chi connectivity index (χ1) is 12.0. The molecular weight excluding hydrogens is 318 g/mol. The van der Waals surface area contributed by atoms with Gasteiger partial charge in [-0.15, -0.1) is 0 Å². The third-order valence-electron chi connectivity index (χ3n) is 3.66. The minimum atomic E-state index is -0.310. The lowest BCUT2D eigenvalue weighted by atomic mass is 10.1. The van der Waals surface area contributed by atoms with Crippen LogP contribution in [-0.2, 0) is 4.79 Å². The van der Waals surface area contributed by atoms with Crippen LogP contribution in [0.5, 0.6) is 11.5 Å². The van der Waals surface area contributed by atoms with Gasteiger partial charge in [-0.25, -0.2) is 0 Å². The Hall–Kier alpha value is -2.82. The fourth-order valence-electron chi connectivity index (χ4n) is 2.29. The largest absolute Gasteiger partial charge is 0.506 e. The highest BCUT2D eigenvalue weighted by Crippen LogP contribution is 2.24. The molecule has 0 bridgehead atoms. The van der Waals surface area contributed by atoms with Crippen molar-refractivity contribution in [3.63, 3.8) is 0 Å². The Balaban J connectivity index is 1.85. The molecule has 0 aliphatic heterocycles. The number of ketones is 1. The molecule has 0 aromatic heterocycles. The van der Waals surface area contributed by atoms with E-state index in [-0.39, 0.29) is 30.3 Å². The number of carbonyl (C=O) groups is 2. The Morgan fingerprint density at radius 3 is 2.44 bits per heavy atom. The highest BCUT2D eigenvalue weighted by molar-refractivity contribution is 6.00. The van der Waals surface area contributed by atoms with Gasteiger partial charge in [-0.05, 0) is 55.3 Å². The fraction of sp³-hybridized carbons (Fsp3) is 0.300. The molecule has 0 atom stereocenters. The molecule has 0 radical (unpaired) electrons. The first kappa shape index (κ1) is 18.5. The van der Waals surface area contributed by atoms with Crippen LogP contribution >= 0.6 is 0 Å². The Kier molecular flexibility index (Phi) is 6.57. The van der Waals surface area contributed by atoms with E-state index in [0.29, 0.717) is 17.9 Å². The molecule has 0 spiro atoms. The topological polar surface area (TPSA) is 75.6 Å². The molecule has 0 unspecified atom stereocenters. The SMILES string of the molecule is CCCOc1ccc(C(=O)CCC(=O)Nc2ccc(C)cc2O)cc1. The summed E-state index contributed by atoms with van der Waals surface area (Å²) in [6.07, 6.45) is 1.08. The number of carbonyl (C=O) groups excluding carboxylic acids is 2. The molecule has 2 aromatic rings. The van der Waals surface area contributed by atoms with E-state index in [9.17, 15) is 14.7 Å². The van der Waals surface area contributed by atoms with E-state index in [1.165, 1.54) is 0 Å². The number of hydrogen-bond acceptors (Lipinski definition) is 4. The third kappa shape index (κ3) is 5.64. The van der Waals surface area contributed by atoms with Crippen LogP contribution in [-0.4, -0.2) is 23.4 Å². The van der Waals surface area contributed by atoms with E-state index < -0.39 is 0 Å². The molecule has 2 aromatic carbocycles. The molecule has 2 rings (SSSR count). The number of benzene rings is 2. The molecule has 0 saturated carbocycles. The lowest BCUT2D eigenvalue weighted by Crippen LogP contribution is -2.13. The summed E-state index contributed by atoms with van der Waals surface area (Å²) >= 11 is 0. The van der Waals surface area contributed by atoms with Crippen molar-refractivity contribution in [2.45, 2.75) is 33.1 Å². The van der Waals surface area contributed by atoms with Gasteiger partial charge in [0.05, 0.1) is 12.3 Å². The lowest BCUT2D eigenvalue weighted by Gasteiger charge is -2.08. The molecule has 0 aliphatic rings. The zero-order valence-electron chi connectivity index (χ0n) is 14.5. The lowest BCUT2D eigenvalue weighted by molar-refractivity contribution is -0.116. The third-order valence-corrected chi connectivity index (χ3v) is 3.66. The minimum Gasteiger partial charge on any atom is -0.506 e. The van der Waals surface area contributed by atoms with E-state index >= 15 is 0 Å². The van der Waals surface area contributed by atoms with Crippen LogP contribution < -0.4 is 10.1 Å². The zero-order chi connectivity index (χ0) is 18.2. The molecule has 2 N–H and O–H groups in total. The predicted molar refractivity (Wildman–Crippen MR) is 97.3 cm³/mol. The number of phenolic OH excluding ortho intramolecular Hbond substituents is 1. The highest BCUT2D eigenvalue weighted by Gasteiger charge is 2.11. The number of amides is 1. The molecule has 25 heavy (non-hydrogen) atoms. The maximum absolute atomic E-state index is 12.2. The van der Waals surface area contributed by atoms with Crippen molar-refractivity contribution in [1.82, 2.24) is 0 Å². The molecule has 0 aliphatic carbocycles. The van der Waals surface area contributed by atoms with E-state index in [0.717, 1.165) is 17.7 Å². The molecular formula is C20H23NO4. The van der Waals surface area contributed by atoms with Crippen LogP contribution in [0.4, 0.5) is 5.69 Å². The number of rotatable bonds is 8. The summed E-state index contributed by atoms with van der Waals surface area (Å²) in [5.41, 5.74) is 1.80. The van der Waals surface area contributed by atoms with Crippen LogP contribution in [0.1, 0.15) is 42.1 Å². The van der Waals surface area contributed by atoms with Crippen molar-refractivity contribution in [1.29, 1.82) is 0 Å². The van der Waals surface area contributed by atoms with Gasteiger partial charge in [-0.3, -0.25) is 9.59 Å². The Morgan fingerprint density at radius 2 is 1.80 bits per heavy atom. The minimum absolute atomic E-state index is 0.0161. The molecule has 5 nitrogen and oxygen atoms in total. The van der Waals surface area contributed by atoms with Gasteiger partial charge in [0.2, 0.25) is 5.91 Å². The van der Waals surface area contributed by atoms with Crippen LogP contribution in [0, 0.1) is 6.92 Å². The van der Waals surface area contributed by atoms with Crippen molar-refractivity contribution in [3.8, 4) is 11.5 Å². The molecule has 132 valence electrons. The van der Waals surface area contributed by atoms with Gasteiger partial charge in [0, 0.05) is 18.4 Å². The van der Waals surface area contributed by atoms with Crippen LogP contribution in [0.25, 0.3) is 0 Å². The molecule has 0 fully saturated rings. The second-order valence-corrected chi connectivity index (χ2v) is 5.86. The summed E-state index contributed by atoms with van der Waals surface area (Å²) in [6, 6.07) is 11.9. The number of aryl methyl sites for hydroxylation is 1. The van der Waals surface area contributed by atoms with Crippen LogP contribution in [0.2, 0.25) is 0 Å². The van der Waals surface area contributed by atoms with Crippen LogP contribution in [0.15, 0.2) is 42.5 Å². The average molecular weight is 341 g/mol. The van der Waals surface area contributed by atoms with E-state index in [1.807, 2.05) is 13.8 Å². The van der Waals surface area contributed by atoms with Gasteiger partial charge in [0.25, 0.3) is 0 Å². The van der Waals surface area contributed by atoms with Gasteiger partial charge in [-0.2, -0.15) is 0 Å². The first-order valence-electron chi connectivity index (χ1n) is 8.35. The Bertz CT molecular complexity index is 738. The van der Waals surface area contributed by atoms with E-state index in [1.54, 1.807) is 42.5 Å². The van der Waals surface area contributed by atoms with Gasteiger partial charge in [-0.1, -0.05) is 13.0 Å². The molecule has 0 heterocycles. The van der Waals surface area contributed by atoms with Crippen molar-refractivity contribution in [3.05, 3.63) is 53.6 Å². The van der Waals surface area contributed by atoms with Gasteiger partial charge in [0.15, 0.2) is 5.78 Å². The molecule has 0 saturated heterocycles. The number of phenols is 1. The van der Waals surface area contributed by atoms with Crippen molar-refractivity contribution in [2.24, 2.45) is 0 Å². The van der Waals surface area contributed by atoms with E-state index in [4.69, 9.17) is 4.74 Å². The summed E-state index contributed by atoms with van der Waals surface area (Å²) in [7, 11) is 0.